The maximum Gasteiger partial charge on any atom is 0.241 e. The molecule has 0 aromatic rings. The highest BCUT2D eigenvalue weighted by Crippen LogP contribution is 2.12. The van der Waals surface area contributed by atoms with Gasteiger partial charge in [0.1, 0.15) is 4.84 Å². The summed E-state index contributed by atoms with van der Waals surface area (Å²) >= 11 is 9.92. The molecular formula is C3H4Cl2F2. The van der Waals surface area contributed by atoms with Crippen LogP contribution in [0.25, 0.3) is 0 Å². The highest BCUT2D eigenvalue weighted by atomic mass is 35.5. The lowest BCUT2D eigenvalue weighted by atomic mass is 10.5. The largest absolute Gasteiger partial charge is 0.241 e. The Balaban J connectivity index is 2.95. The topological polar surface area (TPSA) is 0 Å². The van der Waals surface area contributed by atoms with Crippen molar-refractivity contribution >= 4 is 23.2 Å². The first-order valence-electron chi connectivity index (χ1n) is 1.69. The monoisotopic (exact) mass is 148 g/mol. The molecule has 0 spiro atoms. The molecule has 0 amide bonds. The molecule has 0 radical (unpaired) electrons. The Kier molecular flexibility index (Phi) is 3.66. The Morgan fingerprint density at radius 1 is 1.29 bits per heavy atom. The molecule has 0 atom stereocenters. The van der Waals surface area contributed by atoms with Crippen molar-refractivity contribution in [3.05, 3.63) is 0 Å². The quantitative estimate of drug-likeness (QED) is 0.529. The molecule has 0 aliphatic rings. The molecule has 0 heterocycles. The van der Waals surface area contributed by atoms with Crippen LogP contribution in [0, 0.1) is 0 Å². The van der Waals surface area contributed by atoms with E-state index in [0.29, 0.717) is 0 Å². The van der Waals surface area contributed by atoms with Crippen molar-refractivity contribution in [1.29, 1.82) is 0 Å². The molecule has 0 nitrogen and oxygen atoms in total. The molecule has 0 aliphatic carbocycles. The molecule has 0 aromatic carbocycles. The van der Waals surface area contributed by atoms with Gasteiger partial charge in [0.25, 0.3) is 0 Å². The van der Waals surface area contributed by atoms with Gasteiger partial charge >= 0.3 is 0 Å². The standard InChI is InChI=1S/C3H4Cl2F2/c4-2(5)1-3(6)7/h2-3H,1H2. The Morgan fingerprint density at radius 2 is 1.71 bits per heavy atom. The van der Waals surface area contributed by atoms with Crippen molar-refractivity contribution in [2.24, 2.45) is 0 Å². The average Bonchev–Trinajstić information content (AvgIpc) is 1.27. The summed E-state index contributed by atoms with van der Waals surface area (Å²) in [5, 5.41) is 0. The first kappa shape index (κ1) is 7.44. The van der Waals surface area contributed by atoms with Crippen LogP contribution in [0.3, 0.4) is 0 Å². The second-order valence-corrected chi connectivity index (χ2v) is 2.29. The Labute approximate surface area is 50.4 Å². The van der Waals surface area contributed by atoms with Crippen LogP contribution in [-0.4, -0.2) is 11.3 Å². The fraction of sp³-hybridized carbons (Fsp3) is 1.00. The van der Waals surface area contributed by atoms with Gasteiger partial charge in [0.15, 0.2) is 0 Å². The van der Waals surface area contributed by atoms with E-state index >= 15 is 0 Å². The van der Waals surface area contributed by atoms with Crippen LogP contribution in [0.2, 0.25) is 0 Å². The summed E-state index contributed by atoms with van der Waals surface area (Å²) in [6.45, 7) is 0. The molecule has 0 saturated carbocycles. The summed E-state index contributed by atoms with van der Waals surface area (Å²) in [5.41, 5.74) is 0. The van der Waals surface area contributed by atoms with Crippen molar-refractivity contribution in [2.75, 3.05) is 0 Å². The van der Waals surface area contributed by atoms with Crippen molar-refractivity contribution in [3.8, 4) is 0 Å². The van der Waals surface area contributed by atoms with E-state index in [-0.39, 0.29) is 0 Å². The summed E-state index contributed by atoms with van der Waals surface area (Å²) in [4.78, 5) is -0.931. The third kappa shape index (κ3) is 6.44. The predicted octanol–water partition coefficient (Wildman–Crippen LogP) is 2.45. The fourth-order valence-electron chi connectivity index (χ4n) is 0.135. The molecule has 0 aliphatic heterocycles. The van der Waals surface area contributed by atoms with Gasteiger partial charge in [-0.05, 0) is 0 Å². The van der Waals surface area contributed by atoms with Gasteiger partial charge in [0.2, 0.25) is 6.43 Å². The van der Waals surface area contributed by atoms with E-state index < -0.39 is 17.7 Å². The van der Waals surface area contributed by atoms with Crippen molar-refractivity contribution in [3.63, 3.8) is 0 Å². The molecule has 44 valence electrons. The third-order valence-electron chi connectivity index (χ3n) is 0.356. The fourth-order valence-corrected chi connectivity index (χ4v) is 0.404. The Hall–Kier alpha value is 0.440. The number of hydrogen-bond acceptors (Lipinski definition) is 0. The van der Waals surface area contributed by atoms with Crippen molar-refractivity contribution in [2.45, 2.75) is 17.7 Å². The van der Waals surface area contributed by atoms with Gasteiger partial charge in [-0.25, -0.2) is 8.78 Å². The molecule has 0 saturated heterocycles. The first-order valence-corrected chi connectivity index (χ1v) is 2.56. The van der Waals surface area contributed by atoms with Crippen LogP contribution in [0.5, 0.6) is 0 Å². The van der Waals surface area contributed by atoms with Gasteiger partial charge in [0, 0.05) is 6.42 Å². The summed E-state index contributed by atoms with van der Waals surface area (Å²) in [6, 6.07) is 0. The van der Waals surface area contributed by atoms with Crippen LogP contribution >= 0.6 is 23.2 Å². The van der Waals surface area contributed by atoms with Gasteiger partial charge in [0.05, 0.1) is 0 Å². The molecule has 7 heavy (non-hydrogen) atoms. The summed E-state index contributed by atoms with van der Waals surface area (Å²) < 4.78 is 22.2. The minimum Gasteiger partial charge on any atom is -0.210 e. The molecule has 0 aromatic heterocycles. The second-order valence-electron chi connectivity index (χ2n) is 1.02. The van der Waals surface area contributed by atoms with Gasteiger partial charge in [-0.2, -0.15) is 0 Å². The Morgan fingerprint density at radius 3 is 1.71 bits per heavy atom. The van der Waals surface area contributed by atoms with Gasteiger partial charge in [-0.3, -0.25) is 0 Å². The summed E-state index contributed by atoms with van der Waals surface area (Å²) in [6.07, 6.45) is -2.83. The number of hydrogen-bond donors (Lipinski definition) is 0. The average molecular weight is 149 g/mol. The van der Waals surface area contributed by atoms with Gasteiger partial charge in [-0.15, -0.1) is 23.2 Å². The summed E-state index contributed by atoms with van der Waals surface area (Å²) in [5.74, 6) is 0. The number of rotatable bonds is 2. The van der Waals surface area contributed by atoms with E-state index in [1.165, 1.54) is 0 Å². The Bertz CT molecular complexity index is 40.2. The number of halogens is 4. The van der Waals surface area contributed by atoms with Crippen molar-refractivity contribution in [1.82, 2.24) is 0 Å². The van der Waals surface area contributed by atoms with Crippen LogP contribution in [0.15, 0.2) is 0 Å². The smallest absolute Gasteiger partial charge is 0.210 e. The van der Waals surface area contributed by atoms with E-state index in [0.717, 1.165) is 0 Å². The zero-order valence-corrected chi connectivity index (χ0v) is 4.89. The predicted molar refractivity (Wildman–Crippen MR) is 26.1 cm³/mol. The highest BCUT2D eigenvalue weighted by Gasteiger charge is 2.07. The zero-order valence-electron chi connectivity index (χ0n) is 3.37. The normalized spacial score (nSPS) is 11.1. The van der Waals surface area contributed by atoms with E-state index in [1.807, 2.05) is 0 Å². The minimum absolute atomic E-state index is 0.441. The molecule has 0 fully saturated rings. The zero-order chi connectivity index (χ0) is 5.86. The maximum atomic E-state index is 11.1. The SMILES string of the molecule is FC(F)CC(Cl)Cl. The van der Waals surface area contributed by atoms with Crippen LogP contribution < -0.4 is 0 Å². The van der Waals surface area contributed by atoms with E-state index in [2.05, 4.69) is 0 Å². The molecule has 4 heteroatoms. The van der Waals surface area contributed by atoms with E-state index in [9.17, 15) is 8.78 Å². The molecular weight excluding hydrogens is 145 g/mol. The number of alkyl halides is 4. The first-order chi connectivity index (χ1) is 3.13. The lowest BCUT2D eigenvalue weighted by Gasteiger charge is -1.95. The minimum atomic E-state index is -2.39. The van der Waals surface area contributed by atoms with Crippen molar-refractivity contribution < 1.29 is 8.78 Å². The van der Waals surface area contributed by atoms with E-state index in [1.54, 1.807) is 0 Å². The van der Waals surface area contributed by atoms with Gasteiger partial charge in [-0.1, -0.05) is 0 Å². The van der Waals surface area contributed by atoms with Gasteiger partial charge < -0.3 is 0 Å². The van der Waals surface area contributed by atoms with E-state index in [4.69, 9.17) is 23.2 Å². The molecule has 0 N–H and O–H groups in total. The highest BCUT2D eigenvalue weighted by molar-refractivity contribution is 6.44. The van der Waals surface area contributed by atoms with Crippen LogP contribution in [0.1, 0.15) is 6.42 Å². The molecule has 0 rings (SSSR count). The lowest BCUT2D eigenvalue weighted by molar-refractivity contribution is 0.142. The maximum absolute atomic E-state index is 11.1. The third-order valence-corrected chi connectivity index (χ3v) is 0.713. The van der Waals surface area contributed by atoms with Crippen LogP contribution in [-0.2, 0) is 0 Å². The second kappa shape index (κ2) is 3.44. The molecule has 0 unspecified atom stereocenters. The molecule has 0 bridgehead atoms. The van der Waals surface area contributed by atoms with Crippen LogP contribution in [0.4, 0.5) is 8.78 Å². The lowest BCUT2D eigenvalue weighted by Crippen LogP contribution is -1.96. The summed E-state index contributed by atoms with van der Waals surface area (Å²) in [7, 11) is 0.